The number of benzene rings is 2. The number of Topliss-reactive ketones (excluding diaryl/α,β-unsaturated/α-hetero) is 1. The molecule has 8 heteroatoms. The van der Waals surface area contributed by atoms with Crippen molar-refractivity contribution in [2.24, 2.45) is 0 Å². The van der Waals surface area contributed by atoms with Crippen molar-refractivity contribution in [3.05, 3.63) is 64.7 Å². The fourth-order valence-corrected chi connectivity index (χ4v) is 5.27. The highest BCUT2D eigenvalue weighted by atomic mass is 16.5. The minimum atomic E-state index is -0.690. The molecule has 2 aromatic rings. The standard InChI is InChI=1S/C33H44N2O6/c1-4-6-19-40-27-12-9-25(10-13-27)30-29(31(36)26-11-14-28(24(3)23-26)41-20-7-5-2)32(37)33(38)35(30)16-8-15-34-17-21-39-22-18-34/h9-14,23,30,36H,4-8,15-22H2,1-3H3. The molecule has 2 aliphatic rings. The first-order valence-corrected chi connectivity index (χ1v) is 15.0. The van der Waals surface area contributed by atoms with Crippen LogP contribution in [0.15, 0.2) is 48.0 Å². The van der Waals surface area contributed by atoms with Crippen LogP contribution in [0.2, 0.25) is 0 Å². The maximum Gasteiger partial charge on any atom is 0.295 e. The van der Waals surface area contributed by atoms with Crippen LogP contribution in [-0.4, -0.2) is 79.2 Å². The SMILES string of the molecule is CCCCOc1ccc(C2C(=C(O)c3ccc(OCCCC)c(C)c3)C(=O)C(=O)N2CCCN2CCOCC2)cc1. The fraction of sp³-hybridized carbons (Fsp3) is 0.515. The van der Waals surface area contributed by atoms with Gasteiger partial charge in [0.1, 0.15) is 17.3 Å². The Morgan fingerprint density at radius 3 is 2.27 bits per heavy atom. The molecular weight excluding hydrogens is 520 g/mol. The van der Waals surface area contributed by atoms with E-state index in [9.17, 15) is 14.7 Å². The predicted molar refractivity (Wildman–Crippen MR) is 159 cm³/mol. The van der Waals surface area contributed by atoms with Gasteiger partial charge >= 0.3 is 0 Å². The molecular formula is C33H44N2O6. The zero-order chi connectivity index (χ0) is 29.2. The molecule has 2 heterocycles. The van der Waals surface area contributed by atoms with Crippen LogP contribution in [-0.2, 0) is 14.3 Å². The molecule has 222 valence electrons. The van der Waals surface area contributed by atoms with E-state index in [1.807, 2.05) is 43.3 Å². The van der Waals surface area contributed by atoms with Crippen molar-refractivity contribution in [1.82, 2.24) is 9.80 Å². The Labute approximate surface area is 243 Å². The van der Waals surface area contributed by atoms with E-state index in [1.165, 1.54) is 0 Å². The van der Waals surface area contributed by atoms with Gasteiger partial charge in [0.2, 0.25) is 0 Å². The first-order chi connectivity index (χ1) is 19.9. The number of nitrogens with zero attached hydrogens (tertiary/aromatic N) is 2. The summed E-state index contributed by atoms with van der Waals surface area (Å²) in [6.07, 6.45) is 4.72. The number of hydrogen-bond acceptors (Lipinski definition) is 7. The Kier molecular flexibility index (Phi) is 11.2. The van der Waals surface area contributed by atoms with Crippen molar-refractivity contribution in [2.45, 2.75) is 58.9 Å². The van der Waals surface area contributed by atoms with Gasteiger partial charge in [-0.2, -0.15) is 0 Å². The van der Waals surface area contributed by atoms with E-state index in [-0.39, 0.29) is 11.3 Å². The summed E-state index contributed by atoms with van der Waals surface area (Å²) in [5.74, 6) is 0.0613. The first kappa shape index (κ1) is 30.6. The van der Waals surface area contributed by atoms with Crippen LogP contribution in [0.4, 0.5) is 0 Å². The molecule has 1 amide bonds. The number of carbonyl (C=O) groups is 2. The van der Waals surface area contributed by atoms with E-state index >= 15 is 0 Å². The second kappa shape index (κ2) is 15.0. The van der Waals surface area contributed by atoms with Crippen LogP contribution in [0, 0.1) is 6.92 Å². The molecule has 41 heavy (non-hydrogen) atoms. The molecule has 8 nitrogen and oxygen atoms in total. The Morgan fingerprint density at radius 2 is 1.61 bits per heavy atom. The van der Waals surface area contributed by atoms with E-state index in [0.717, 1.165) is 67.9 Å². The largest absolute Gasteiger partial charge is 0.507 e. The minimum absolute atomic E-state index is 0.111. The monoisotopic (exact) mass is 564 g/mol. The summed E-state index contributed by atoms with van der Waals surface area (Å²) < 4.78 is 17.2. The third-order valence-electron chi connectivity index (χ3n) is 7.68. The second-order valence-corrected chi connectivity index (χ2v) is 10.8. The maximum atomic E-state index is 13.5. The third kappa shape index (κ3) is 7.68. The Morgan fingerprint density at radius 1 is 0.927 bits per heavy atom. The summed E-state index contributed by atoms with van der Waals surface area (Å²) in [6, 6.07) is 12.2. The molecule has 0 saturated carbocycles. The molecule has 2 saturated heterocycles. The molecule has 0 bridgehead atoms. The van der Waals surface area contributed by atoms with E-state index in [1.54, 1.807) is 11.0 Å². The van der Waals surface area contributed by atoms with E-state index < -0.39 is 17.7 Å². The highest BCUT2D eigenvalue weighted by Crippen LogP contribution is 2.40. The van der Waals surface area contributed by atoms with E-state index in [0.29, 0.717) is 45.0 Å². The maximum absolute atomic E-state index is 13.5. The summed E-state index contributed by atoms with van der Waals surface area (Å²) in [4.78, 5) is 30.8. The number of ether oxygens (including phenoxy) is 3. The van der Waals surface area contributed by atoms with Gasteiger partial charge in [-0.3, -0.25) is 14.5 Å². The molecule has 0 radical (unpaired) electrons. The quantitative estimate of drug-likeness (QED) is 0.140. The lowest BCUT2D eigenvalue weighted by molar-refractivity contribution is -0.140. The molecule has 0 aromatic heterocycles. The number of morpholine rings is 1. The minimum Gasteiger partial charge on any atom is -0.507 e. The van der Waals surface area contributed by atoms with Gasteiger partial charge in [0.05, 0.1) is 38.0 Å². The van der Waals surface area contributed by atoms with Gasteiger partial charge in [-0.05, 0) is 67.6 Å². The van der Waals surface area contributed by atoms with Crippen LogP contribution in [0.25, 0.3) is 5.76 Å². The summed E-state index contributed by atoms with van der Waals surface area (Å²) >= 11 is 0. The molecule has 0 aliphatic carbocycles. The average Bonchev–Trinajstić information content (AvgIpc) is 3.24. The first-order valence-electron chi connectivity index (χ1n) is 15.0. The summed E-state index contributed by atoms with van der Waals surface area (Å²) in [7, 11) is 0. The molecule has 0 spiro atoms. The van der Waals surface area contributed by atoms with Crippen molar-refractivity contribution in [1.29, 1.82) is 0 Å². The lowest BCUT2D eigenvalue weighted by Gasteiger charge is -2.29. The average molecular weight is 565 g/mol. The van der Waals surface area contributed by atoms with Crippen molar-refractivity contribution in [3.63, 3.8) is 0 Å². The van der Waals surface area contributed by atoms with Crippen molar-refractivity contribution < 1.29 is 28.9 Å². The molecule has 1 N–H and O–H groups in total. The number of carbonyl (C=O) groups excluding carboxylic acids is 2. The fourth-order valence-electron chi connectivity index (χ4n) is 5.27. The predicted octanol–water partition coefficient (Wildman–Crippen LogP) is 5.50. The van der Waals surface area contributed by atoms with Gasteiger partial charge in [0, 0.05) is 31.7 Å². The highest BCUT2D eigenvalue weighted by Gasteiger charge is 2.45. The number of aliphatic hydroxyl groups is 1. The van der Waals surface area contributed by atoms with Gasteiger partial charge in [-0.15, -0.1) is 0 Å². The van der Waals surface area contributed by atoms with Crippen LogP contribution in [0.5, 0.6) is 11.5 Å². The van der Waals surface area contributed by atoms with Crippen molar-refractivity contribution >= 4 is 17.4 Å². The Balaban J connectivity index is 1.63. The number of aliphatic hydroxyl groups excluding tert-OH is 1. The van der Waals surface area contributed by atoms with Gasteiger partial charge < -0.3 is 24.2 Å². The number of ketones is 1. The van der Waals surface area contributed by atoms with E-state index in [2.05, 4.69) is 18.7 Å². The zero-order valence-electron chi connectivity index (χ0n) is 24.7. The summed E-state index contributed by atoms with van der Waals surface area (Å²) in [5.41, 5.74) is 2.22. The molecule has 1 atom stereocenters. The molecule has 2 aliphatic heterocycles. The number of aryl methyl sites for hydroxylation is 1. The molecule has 1 unspecified atom stereocenters. The lowest BCUT2D eigenvalue weighted by atomic mass is 9.94. The summed E-state index contributed by atoms with van der Waals surface area (Å²) in [6.45, 7) is 11.7. The molecule has 4 rings (SSSR count). The number of hydrogen-bond donors (Lipinski definition) is 1. The van der Waals surface area contributed by atoms with Crippen LogP contribution in [0.1, 0.15) is 68.7 Å². The zero-order valence-corrected chi connectivity index (χ0v) is 24.7. The van der Waals surface area contributed by atoms with Crippen molar-refractivity contribution in [2.75, 3.05) is 52.6 Å². The molecule has 2 fully saturated rings. The molecule has 2 aromatic carbocycles. The number of amides is 1. The summed E-state index contributed by atoms with van der Waals surface area (Å²) in [5, 5.41) is 11.5. The van der Waals surface area contributed by atoms with E-state index in [4.69, 9.17) is 14.2 Å². The van der Waals surface area contributed by atoms with Crippen LogP contribution >= 0.6 is 0 Å². The van der Waals surface area contributed by atoms with Gasteiger partial charge in [-0.1, -0.05) is 38.8 Å². The van der Waals surface area contributed by atoms with Crippen molar-refractivity contribution in [3.8, 4) is 11.5 Å². The van der Waals surface area contributed by atoms with Crippen LogP contribution in [0.3, 0.4) is 0 Å². The smallest absolute Gasteiger partial charge is 0.295 e. The normalized spacial score (nSPS) is 19.1. The topological polar surface area (TPSA) is 88.5 Å². The van der Waals surface area contributed by atoms with Crippen LogP contribution < -0.4 is 9.47 Å². The van der Waals surface area contributed by atoms with Gasteiger partial charge in [0.25, 0.3) is 11.7 Å². The number of unbranched alkanes of at least 4 members (excludes halogenated alkanes) is 2. The Hall–Kier alpha value is -3.36. The lowest BCUT2D eigenvalue weighted by Crippen LogP contribution is -2.38. The second-order valence-electron chi connectivity index (χ2n) is 10.8. The van der Waals surface area contributed by atoms with Gasteiger partial charge in [-0.25, -0.2) is 0 Å². The highest BCUT2D eigenvalue weighted by molar-refractivity contribution is 6.46. The Bertz CT molecular complexity index is 1200. The third-order valence-corrected chi connectivity index (χ3v) is 7.68. The number of likely N-dealkylation sites (tertiary alicyclic amines) is 1. The number of rotatable bonds is 14. The van der Waals surface area contributed by atoms with Gasteiger partial charge in [0.15, 0.2) is 0 Å².